The third kappa shape index (κ3) is 2.04. The van der Waals surface area contributed by atoms with E-state index >= 15 is 0 Å². The molecule has 3 heteroatoms. The maximum Gasteiger partial charge on any atom is 0.169 e. The Hall–Kier alpha value is -0.670. The van der Waals surface area contributed by atoms with Crippen molar-refractivity contribution in [3.05, 3.63) is 21.9 Å². The second-order valence-electron chi connectivity index (χ2n) is 4.02. The van der Waals surface area contributed by atoms with Crippen molar-refractivity contribution >= 4 is 17.1 Å². The molecule has 78 valence electrons. The van der Waals surface area contributed by atoms with Crippen molar-refractivity contribution in [3.63, 3.8) is 0 Å². The highest BCUT2D eigenvalue weighted by Gasteiger charge is 2.29. The summed E-state index contributed by atoms with van der Waals surface area (Å²) in [6.45, 7) is 7.26. The van der Waals surface area contributed by atoms with E-state index < -0.39 is 5.60 Å². The molecule has 0 aliphatic rings. The molecule has 0 radical (unpaired) electrons. The van der Waals surface area contributed by atoms with Crippen LogP contribution in [0.15, 0.2) is 12.1 Å². The Morgan fingerprint density at radius 1 is 1.50 bits per heavy atom. The molecular weight excluding hydrogens is 196 g/mol. The number of ketones is 1. The number of hydrogen-bond donors (Lipinski definition) is 1. The summed E-state index contributed by atoms with van der Waals surface area (Å²) in [4.78, 5) is 12.7. The van der Waals surface area contributed by atoms with Crippen LogP contribution in [0, 0.1) is 5.92 Å². The molecule has 1 aromatic rings. The summed E-state index contributed by atoms with van der Waals surface area (Å²) in [5.41, 5.74) is -0.835. The standard InChI is InChI=1S/C11H16O2S/c1-7(2)11(4,13)10-6-5-9(14-10)8(3)12/h5-7,13H,1-4H3. The molecule has 0 saturated heterocycles. The minimum absolute atomic E-state index is 0.0563. The zero-order valence-electron chi connectivity index (χ0n) is 9.00. The molecule has 2 nitrogen and oxygen atoms in total. The molecule has 0 bridgehead atoms. The highest BCUT2D eigenvalue weighted by Crippen LogP contribution is 2.33. The van der Waals surface area contributed by atoms with E-state index in [-0.39, 0.29) is 11.7 Å². The summed E-state index contributed by atoms with van der Waals surface area (Å²) >= 11 is 1.38. The highest BCUT2D eigenvalue weighted by molar-refractivity contribution is 7.14. The van der Waals surface area contributed by atoms with Gasteiger partial charge in [-0.1, -0.05) is 13.8 Å². The van der Waals surface area contributed by atoms with Crippen LogP contribution in [0.2, 0.25) is 0 Å². The first-order valence-electron chi connectivity index (χ1n) is 4.69. The van der Waals surface area contributed by atoms with Crippen LogP contribution >= 0.6 is 11.3 Å². The third-order valence-corrected chi connectivity index (χ3v) is 3.99. The molecule has 0 spiro atoms. The van der Waals surface area contributed by atoms with Gasteiger partial charge >= 0.3 is 0 Å². The average Bonchev–Trinajstić information content (AvgIpc) is 2.51. The Morgan fingerprint density at radius 3 is 2.43 bits per heavy atom. The Labute approximate surface area is 88.6 Å². The summed E-state index contributed by atoms with van der Waals surface area (Å²) in [6.07, 6.45) is 0. The summed E-state index contributed by atoms with van der Waals surface area (Å²) in [5, 5.41) is 10.2. The molecule has 0 saturated carbocycles. The van der Waals surface area contributed by atoms with Crippen molar-refractivity contribution in [2.24, 2.45) is 5.92 Å². The van der Waals surface area contributed by atoms with Crippen LogP contribution in [-0.4, -0.2) is 10.9 Å². The second-order valence-corrected chi connectivity index (χ2v) is 5.11. The SMILES string of the molecule is CC(=O)c1ccc(C(C)(O)C(C)C)s1. The van der Waals surface area contributed by atoms with Crippen molar-refractivity contribution in [2.75, 3.05) is 0 Å². The molecule has 1 heterocycles. The quantitative estimate of drug-likeness (QED) is 0.782. The van der Waals surface area contributed by atoms with E-state index in [2.05, 4.69) is 0 Å². The van der Waals surface area contributed by atoms with Crippen LogP contribution in [0.1, 0.15) is 42.2 Å². The molecule has 0 aliphatic heterocycles. The number of aliphatic hydroxyl groups is 1. The summed E-state index contributed by atoms with van der Waals surface area (Å²) in [6, 6.07) is 3.61. The Morgan fingerprint density at radius 2 is 2.07 bits per heavy atom. The van der Waals surface area contributed by atoms with Crippen LogP contribution in [0.5, 0.6) is 0 Å². The van der Waals surface area contributed by atoms with Gasteiger partial charge in [0.1, 0.15) is 0 Å². The smallest absolute Gasteiger partial charge is 0.169 e. The zero-order valence-corrected chi connectivity index (χ0v) is 9.81. The predicted octanol–water partition coefficient (Wildman–Crippen LogP) is 2.81. The van der Waals surface area contributed by atoms with Gasteiger partial charge in [-0.2, -0.15) is 0 Å². The van der Waals surface area contributed by atoms with Gasteiger partial charge in [0.05, 0.1) is 10.5 Å². The molecule has 0 aliphatic carbocycles. The van der Waals surface area contributed by atoms with Gasteiger partial charge in [-0.3, -0.25) is 4.79 Å². The summed E-state index contributed by atoms with van der Waals surface area (Å²) < 4.78 is 0. The monoisotopic (exact) mass is 212 g/mol. The Kier molecular flexibility index (Phi) is 3.12. The van der Waals surface area contributed by atoms with Gasteiger partial charge in [0, 0.05) is 4.88 Å². The van der Waals surface area contributed by atoms with E-state index in [1.54, 1.807) is 19.9 Å². The van der Waals surface area contributed by atoms with Crippen molar-refractivity contribution in [1.82, 2.24) is 0 Å². The lowest BCUT2D eigenvalue weighted by atomic mass is 9.91. The van der Waals surface area contributed by atoms with Crippen molar-refractivity contribution in [2.45, 2.75) is 33.3 Å². The van der Waals surface area contributed by atoms with E-state index in [0.29, 0.717) is 4.88 Å². The Bertz CT molecular complexity index is 337. The van der Waals surface area contributed by atoms with Crippen LogP contribution in [0.3, 0.4) is 0 Å². The van der Waals surface area contributed by atoms with Crippen LogP contribution in [0.25, 0.3) is 0 Å². The number of carbonyl (C=O) groups is 1. The molecule has 1 aromatic heterocycles. The van der Waals surface area contributed by atoms with Crippen molar-refractivity contribution in [3.8, 4) is 0 Å². The number of rotatable bonds is 3. The molecule has 0 aromatic carbocycles. The lowest BCUT2D eigenvalue weighted by Gasteiger charge is -2.26. The lowest BCUT2D eigenvalue weighted by molar-refractivity contribution is 0.0126. The first kappa shape index (κ1) is 11.4. The minimum atomic E-state index is -0.835. The molecule has 0 amide bonds. The largest absolute Gasteiger partial charge is 0.384 e. The fraction of sp³-hybridized carbons (Fsp3) is 0.545. The topological polar surface area (TPSA) is 37.3 Å². The fourth-order valence-corrected chi connectivity index (χ4v) is 2.18. The first-order chi connectivity index (χ1) is 6.35. The molecule has 14 heavy (non-hydrogen) atoms. The van der Waals surface area contributed by atoms with Crippen molar-refractivity contribution in [1.29, 1.82) is 0 Å². The fourth-order valence-electron chi connectivity index (χ4n) is 1.08. The number of Topliss-reactive ketones (excluding diaryl/α,β-unsaturated/α-hetero) is 1. The van der Waals surface area contributed by atoms with E-state index in [9.17, 15) is 9.90 Å². The van der Waals surface area contributed by atoms with Gasteiger partial charge in [0.2, 0.25) is 0 Å². The van der Waals surface area contributed by atoms with E-state index in [1.807, 2.05) is 19.9 Å². The normalized spacial score (nSPS) is 15.6. The molecule has 1 unspecified atom stereocenters. The zero-order chi connectivity index (χ0) is 10.9. The molecular formula is C11H16O2S. The second kappa shape index (κ2) is 3.83. The molecule has 1 rings (SSSR count). The summed E-state index contributed by atoms with van der Waals surface area (Å²) in [5.74, 6) is 0.196. The van der Waals surface area contributed by atoms with E-state index in [1.165, 1.54) is 11.3 Å². The summed E-state index contributed by atoms with van der Waals surface area (Å²) in [7, 11) is 0. The van der Waals surface area contributed by atoms with Crippen LogP contribution in [-0.2, 0) is 5.60 Å². The van der Waals surface area contributed by atoms with Gasteiger partial charge < -0.3 is 5.11 Å². The van der Waals surface area contributed by atoms with Crippen molar-refractivity contribution < 1.29 is 9.90 Å². The van der Waals surface area contributed by atoms with E-state index in [0.717, 1.165) is 4.88 Å². The van der Waals surface area contributed by atoms with Gasteiger partial charge in [-0.15, -0.1) is 11.3 Å². The van der Waals surface area contributed by atoms with Gasteiger partial charge in [-0.25, -0.2) is 0 Å². The van der Waals surface area contributed by atoms with Gasteiger partial charge in [0.25, 0.3) is 0 Å². The van der Waals surface area contributed by atoms with E-state index in [4.69, 9.17) is 0 Å². The van der Waals surface area contributed by atoms with Crippen LogP contribution < -0.4 is 0 Å². The van der Waals surface area contributed by atoms with Gasteiger partial charge in [0.15, 0.2) is 5.78 Å². The lowest BCUT2D eigenvalue weighted by Crippen LogP contribution is -2.26. The minimum Gasteiger partial charge on any atom is -0.384 e. The predicted molar refractivity (Wildman–Crippen MR) is 58.7 cm³/mol. The number of carbonyl (C=O) groups excluding carboxylic acids is 1. The van der Waals surface area contributed by atoms with Gasteiger partial charge in [-0.05, 0) is 31.9 Å². The maximum absolute atomic E-state index is 11.1. The molecule has 0 fully saturated rings. The Balaban J connectivity index is 3.02. The number of hydrogen-bond acceptors (Lipinski definition) is 3. The third-order valence-electron chi connectivity index (χ3n) is 2.58. The average molecular weight is 212 g/mol. The number of thiophene rings is 1. The van der Waals surface area contributed by atoms with Crippen LogP contribution in [0.4, 0.5) is 0 Å². The molecule has 1 N–H and O–H groups in total. The molecule has 1 atom stereocenters. The highest BCUT2D eigenvalue weighted by atomic mass is 32.1. The first-order valence-corrected chi connectivity index (χ1v) is 5.51. The maximum atomic E-state index is 11.1.